The lowest BCUT2D eigenvalue weighted by atomic mass is 9.79. The zero-order valence-corrected chi connectivity index (χ0v) is 22.1. The average molecular weight is 489 g/mol. The van der Waals surface area contributed by atoms with Crippen molar-refractivity contribution >= 4 is 40.3 Å². The highest BCUT2D eigenvalue weighted by Crippen LogP contribution is 2.54. The highest BCUT2D eigenvalue weighted by Gasteiger charge is 2.29. The Kier molecular flexibility index (Phi) is 6.06. The van der Waals surface area contributed by atoms with Crippen molar-refractivity contribution in [2.24, 2.45) is 0 Å². The number of fused-ring (bicyclic) bond motifs is 3. The predicted octanol–water partition coefficient (Wildman–Crippen LogP) is 9.73. The van der Waals surface area contributed by atoms with Gasteiger partial charge in [0.25, 0.3) is 0 Å². The predicted molar refractivity (Wildman–Crippen MR) is 158 cm³/mol. The van der Waals surface area contributed by atoms with Gasteiger partial charge in [0, 0.05) is 5.66 Å². The maximum absolute atomic E-state index is 13.4. The van der Waals surface area contributed by atoms with Crippen LogP contribution in [0.15, 0.2) is 91.0 Å². The first-order chi connectivity index (χ1) is 17.6. The van der Waals surface area contributed by atoms with Gasteiger partial charge in [0.2, 0.25) is 0 Å². The number of hydrogen-bond donors (Lipinski definition) is 0. The summed E-state index contributed by atoms with van der Waals surface area (Å²) >= 11 is 0. The van der Waals surface area contributed by atoms with Crippen molar-refractivity contribution in [3.8, 4) is 11.1 Å². The highest BCUT2D eigenvalue weighted by molar-refractivity contribution is 7.64. The number of allylic oxidation sites excluding steroid dienone is 5. The van der Waals surface area contributed by atoms with Crippen molar-refractivity contribution in [1.82, 2.24) is 0 Å². The van der Waals surface area contributed by atoms with E-state index in [1.807, 2.05) is 0 Å². The van der Waals surface area contributed by atoms with Crippen LogP contribution in [0.3, 0.4) is 0 Å². The maximum Gasteiger partial charge on any atom is 0.0940 e. The van der Waals surface area contributed by atoms with Gasteiger partial charge < -0.3 is 4.57 Å². The van der Waals surface area contributed by atoms with Crippen LogP contribution < -0.4 is 0 Å². The topological polar surface area (TPSA) is 17.1 Å². The Morgan fingerprint density at radius 1 is 0.833 bits per heavy atom. The molecular formula is C34H33OP. The Bertz CT molecular complexity index is 1610. The molecule has 1 atom stereocenters. The molecule has 6 rings (SSSR count). The summed E-state index contributed by atoms with van der Waals surface area (Å²) in [7, 11) is -2.16. The third kappa shape index (κ3) is 3.82. The van der Waals surface area contributed by atoms with Gasteiger partial charge in [-0.15, -0.1) is 0 Å². The number of benzene rings is 4. The molecule has 1 nitrogen and oxygen atoms in total. The van der Waals surface area contributed by atoms with Crippen molar-refractivity contribution in [2.75, 3.05) is 12.3 Å². The third-order valence-corrected chi connectivity index (χ3v) is 12.0. The SMILES string of the molecule is CCP(=O)(CC)C1C=CC(c2c3c(c(-c4ccc5ccccc5c4)c4ccccc24)C=CCC3)=CC1. The van der Waals surface area contributed by atoms with Gasteiger partial charge in [0.05, 0.1) is 7.14 Å². The van der Waals surface area contributed by atoms with E-state index in [0.717, 1.165) is 31.6 Å². The minimum atomic E-state index is -2.16. The van der Waals surface area contributed by atoms with Crippen molar-refractivity contribution in [1.29, 1.82) is 0 Å². The molecule has 0 aromatic heterocycles. The fourth-order valence-electron chi connectivity index (χ4n) is 6.21. The van der Waals surface area contributed by atoms with E-state index in [0.29, 0.717) is 0 Å². The molecule has 0 fully saturated rings. The summed E-state index contributed by atoms with van der Waals surface area (Å²) in [5, 5.41) is 5.17. The van der Waals surface area contributed by atoms with E-state index < -0.39 is 7.14 Å². The lowest BCUT2D eigenvalue weighted by Crippen LogP contribution is -2.12. The molecule has 4 aromatic rings. The number of hydrogen-bond acceptors (Lipinski definition) is 1. The van der Waals surface area contributed by atoms with E-state index in [-0.39, 0.29) is 5.66 Å². The molecule has 2 aliphatic carbocycles. The molecule has 0 amide bonds. The Morgan fingerprint density at radius 3 is 2.28 bits per heavy atom. The molecule has 2 heteroatoms. The van der Waals surface area contributed by atoms with Gasteiger partial charge in [0.1, 0.15) is 0 Å². The van der Waals surface area contributed by atoms with Gasteiger partial charge in [-0.05, 0) is 92.6 Å². The van der Waals surface area contributed by atoms with E-state index in [1.165, 1.54) is 54.9 Å². The second kappa shape index (κ2) is 9.38. The van der Waals surface area contributed by atoms with Gasteiger partial charge in [-0.2, -0.15) is 0 Å². The molecule has 180 valence electrons. The zero-order valence-electron chi connectivity index (χ0n) is 21.2. The van der Waals surface area contributed by atoms with Crippen molar-refractivity contribution < 1.29 is 4.57 Å². The lowest BCUT2D eigenvalue weighted by molar-refractivity contribution is 0.570. The molecule has 0 radical (unpaired) electrons. The molecule has 0 spiro atoms. The van der Waals surface area contributed by atoms with Crippen LogP contribution in [-0.2, 0) is 11.0 Å². The van der Waals surface area contributed by atoms with Crippen LogP contribution >= 0.6 is 7.14 Å². The second-order valence-corrected chi connectivity index (χ2v) is 13.9. The van der Waals surface area contributed by atoms with E-state index in [1.54, 1.807) is 0 Å². The summed E-state index contributed by atoms with van der Waals surface area (Å²) in [5.41, 5.74) is 8.25. The first-order valence-electron chi connectivity index (χ1n) is 13.3. The summed E-state index contributed by atoms with van der Waals surface area (Å²) < 4.78 is 13.4. The third-order valence-electron chi connectivity index (χ3n) is 8.29. The minimum Gasteiger partial charge on any atom is -0.323 e. The summed E-state index contributed by atoms with van der Waals surface area (Å²) in [4.78, 5) is 0. The zero-order chi connectivity index (χ0) is 24.7. The molecule has 2 aliphatic rings. The van der Waals surface area contributed by atoms with Gasteiger partial charge in [-0.1, -0.05) is 105 Å². The van der Waals surface area contributed by atoms with Crippen LogP contribution in [-0.4, -0.2) is 18.0 Å². The van der Waals surface area contributed by atoms with Crippen LogP contribution in [0.2, 0.25) is 0 Å². The van der Waals surface area contributed by atoms with E-state index in [9.17, 15) is 4.57 Å². The largest absolute Gasteiger partial charge is 0.323 e. The van der Waals surface area contributed by atoms with Crippen molar-refractivity contribution in [2.45, 2.75) is 38.8 Å². The molecule has 0 bridgehead atoms. The van der Waals surface area contributed by atoms with Gasteiger partial charge in [-0.25, -0.2) is 0 Å². The number of rotatable bonds is 5. The summed E-state index contributed by atoms with van der Waals surface area (Å²) in [6.07, 6.45) is 16.1. The average Bonchev–Trinajstić information content (AvgIpc) is 2.95. The molecule has 1 unspecified atom stereocenters. The minimum absolute atomic E-state index is 0.176. The van der Waals surface area contributed by atoms with E-state index in [4.69, 9.17) is 0 Å². The molecule has 0 heterocycles. The van der Waals surface area contributed by atoms with Crippen molar-refractivity contribution in [3.05, 3.63) is 108 Å². The fourth-order valence-corrected chi connectivity index (χ4v) is 8.48. The molecule has 4 aromatic carbocycles. The van der Waals surface area contributed by atoms with Gasteiger partial charge in [0.15, 0.2) is 0 Å². The Labute approximate surface area is 214 Å². The normalized spacial score (nSPS) is 17.4. The Hall–Kier alpha value is -3.15. The van der Waals surface area contributed by atoms with E-state index >= 15 is 0 Å². The molecule has 36 heavy (non-hydrogen) atoms. The fraction of sp³-hybridized carbons (Fsp3) is 0.235. The molecule has 0 N–H and O–H groups in total. The lowest BCUT2D eigenvalue weighted by Gasteiger charge is -2.28. The summed E-state index contributed by atoms with van der Waals surface area (Å²) in [5.74, 6) is 0. The van der Waals surface area contributed by atoms with Crippen LogP contribution in [0.25, 0.3) is 44.3 Å². The summed E-state index contributed by atoms with van der Waals surface area (Å²) in [6.45, 7) is 4.16. The second-order valence-electron chi connectivity index (χ2n) is 10.1. The van der Waals surface area contributed by atoms with Crippen molar-refractivity contribution in [3.63, 3.8) is 0 Å². The van der Waals surface area contributed by atoms with Gasteiger partial charge in [-0.3, -0.25) is 0 Å². The van der Waals surface area contributed by atoms with Crippen LogP contribution in [0.4, 0.5) is 0 Å². The molecule has 0 aliphatic heterocycles. The first-order valence-corrected chi connectivity index (χ1v) is 15.5. The monoisotopic (exact) mass is 488 g/mol. The first kappa shape index (κ1) is 23.3. The van der Waals surface area contributed by atoms with Gasteiger partial charge >= 0.3 is 0 Å². The molecule has 0 saturated carbocycles. The molecular weight excluding hydrogens is 455 g/mol. The smallest absolute Gasteiger partial charge is 0.0940 e. The Balaban J connectivity index is 1.56. The Morgan fingerprint density at radius 2 is 1.56 bits per heavy atom. The highest BCUT2D eigenvalue weighted by atomic mass is 31.2. The standard InChI is InChI=1S/C34H33OP/c1-3-36(35,4-2)28-21-19-25(20-22-28)33-29-13-7-9-15-31(29)34(32-16-10-8-14-30(32)33)27-18-17-24-11-5-6-12-26(24)23-27/h5-7,9-13,15-21,23,28H,3-4,8,14,22H2,1-2H3. The van der Waals surface area contributed by atoms with Crippen LogP contribution in [0.5, 0.6) is 0 Å². The van der Waals surface area contributed by atoms with E-state index in [2.05, 4.69) is 111 Å². The quantitative estimate of drug-likeness (QED) is 0.256. The molecule has 0 saturated heterocycles. The summed E-state index contributed by atoms with van der Waals surface area (Å²) in [6, 6.07) is 24.4. The van der Waals surface area contributed by atoms with Crippen LogP contribution in [0, 0.1) is 0 Å². The maximum atomic E-state index is 13.4. The van der Waals surface area contributed by atoms with Crippen LogP contribution in [0.1, 0.15) is 43.4 Å².